The molecule has 3 nitrogen and oxygen atoms in total. The summed E-state index contributed by atoms with van der Waals surface area (Å²) in [7, 11) is 3.36. The molecule has 0 aromatic heterocycles. The number of halogens is 4. The molecule has 0 unspecified atom stereocenters. The molecule has 0 aliphatic heterocycles. The van der Waals surface area contributed by atoms with Gasteiger partial charge in [0.05, 0.1) is 25.8 Å². The normalized spacial score (nSPS) is 11.4. The van der Waals surface area contributed by atoms with Crippen LogP contribution in [0.2, 0.25) is 10.0 Å². The number of hydrogen-bond donors (Lipinski definition) is 0. The zero-order valence-corrected chi connectivity index (χ0v) is 45.9. The number of rotatable bonds is 13. The van der Waals surface area contributed by atoms with Gasteiger partial charge in [0.2, 0.25) is 0 Å². The van der Waals surface area contributed by atoms with Gasteiger partial charge in [-0.3, -0.25) is 0 Å². The van der Waals surface area contributed by atoms with Crippen molar-refractivity contribution in [2.24, 2.45) is 0 Å². The summed E-state index contributed by atoms with van der Waals surface area (Å²) in [6, 6.07) is 62.6. The third-order valence-corrected chi connectivity index (χ3v) is 15.1. The van der Waals surface area contributed by atoms with Gasteiger partial charge in [-0.05, 0) is 130 Å². The molecule has 0 N–H and O–H groups in total. The summed E-state index contributed by atoms with van der Waals surface area (Å²) < 4.78 is 53.4. The van der Waals surface area contributed by atoms with E-state index in [1.54, 1.807) is 56.7 Å². The molecule has 0 heterocycles. The highest BCUT2D eigenvalue weighted by Gasteiger charge is 2.28. The summed E-state index contributed by atoms with van der Waals surface area (Å²) >= 11 is 13.6. The van der Waals surface area contributed by atoms with E-state index in [9.17, 15) is 0 Å². The second-order valence-corrected chi connectivity index (χ2v) is 21.1. The van der Waals surface area contributed by atoms with E-state index in [-0.39, 0.29) is 28.7 Å². The van der Waals surface area contributed by atoms with Crippen LogP contribution < -0.4 is 14.2 Å². The van der Waals surface area contributed by atoms with Crippen molar-refractivity contribution in [3.8, 4) is 117 Å². The van der Waals surface area contributed by atoms with E-state index in [1.807, 2.05) is 85.8 Å². The minimum atomic E-state index is -0.549. The van der Waals surface area contributed by atoms with Crippen molar-refractivity contribution >= 4 is 23.2 Å². The first kappa shape index (κ1) is 52.5. The molecule has 0 spiro atoms. The number of para-hydroxylation sites is 2. The Morgan fingerprint density at radius 3 is 1.71 bits per heavy atom. The molecule has 77 heavy (non-hydrogen) atoms. The largest absolute Gasteiger partial charge is 0.497 e. The van der Waals surface area contributed by atoms with E-state index >= 15 is 8.78 Å². The maximum atomic E-state index is 18.0. The summed E-state index contributed by atoms with van der Waals surface area (Å²) in [4.78, 5) is 0. The van der Waals surface area contributed by atoms with E-state index in [0.29, 0.717) is 43.8 Å². The standard InChI is InChI=1S/C70H58Cl2F2O3/c1-9-77-69-55(54-23-14-22-53(68(54)74)52-21-16-27-62(73)65(52)58-26-13-20-50(67(58)72)46-17-12-18-48(71)39-46)24-15-25-56(69)60-40-49(75-7)37-38-51(60)61-41-59(44-31-29-42(2)30-32-44)43(3)64(45-33-35-47(36-34-45)70(4,5)6)66(61)57-19-10-11-28-63(57)76-8/h10-41H,9H2,1-8H3. The Labute approximate surface area is 461 Å². The van der Waals surface area contributed by atoms with Crippen LogP contribution in [0.4, 0.5) is 8.78 Å². The van der Waals surface area contributed by atoms with Gasteiger partial charge in [-0.2, -0.15) is 0 Å². The lowest BCUT2D eigenvalue weighted by atomic mass is 9.78. The van der Waals surface area contributed by atoms with Crippen LogP contribution in [0.3, 0.4) is 0 Å². The van der Waals surface area contributed by atoms with Gasteiger partial charge >= 0.3 is 0 Å². The van der Waals surface area contributed by atoms with E-state index < -0.39 is 11.6 Å². The van der Waals surface area contributed by atoms with Crippen molar-refractivity contribution in [2.75, 3.05) is 20.8 Å². The van der Waals surface area contributed by atoms with Crippen LogP contribution in [0.15, 0.2) is 194 Å². The topological polar surface area (TPSA) is 27.7 Å². The average Bonchev–Trinajstić information content (AvgIpc) is 3.53. The minimum Gasteiger partial charge on any atom is -0.497 e. The molecule has 10 aromatic rings. The monoisotopic (exact) mass is 1050 g/mol. The van der Waals surface area contributed by atoms with Crippen LogP contribution in [0.25, 0.3) is 100 Å². The third-order valence-electron chi connectivity index (χ3n) is 14.5. The summed E-state index contributed by atoms with van der Waals surface area (Å²) in [6.07, 6.45) is 0. The van der Waals surface area contributed by atoms with Crippen LogP contribution in [0, 0.1) is 25.5 Å². The lowest BCUT2D eigenvalue weighted by Gasteiger charge is -2.26. The molecular formula is C70H58Cl2F2O3. The second-order valence-electron chi connectivity index (χ2n) is 20.3. The number of benzene rings is 10. The van der Waals surface area contributed by atoms with Crippen molar-refractivity contribution < 1.29 is 23.0 Å². The molecule has 384 valence electrons. The number of ether oxygens (including phenoxy) is 3. The van der Waals surface area contributed by atoms with E-state index in [0.717, 1.165) is 72.5 Å². The number of aryl methyl sites for hydroxylation is 1. The Kier molecular flexibility index (Phi) is 15.0. The maximum Gasteiger partial charge on any atom is 0.139 e. The first-order chi connectivity index (χ1) is 37.2. The van der Waals surface area contributed by atoms with Gasteiger partial charge in [0.1, 0.15) is 28.9 Å². The molecule has 0 radical (unpaired) electrons. The molecule has 0 fully saturated rings. The highest BCUT2D eigenvalue weighted by Crippen LogP contribution is 2.53. The van der Waals surface area contributed by atoms with Crippen molar-refractivity contribution in [1.82, 2.24) is 0 Å². The molecular weight excluding hydrogens is 998 g/mol. The van der Waals surface area contributed by atoms with Gasteiger partial charge in [0, 0.05) is 55.1 Å². The van der Waals surface area contributed by atoms with Gasteiger partial charge in [-0.15, -0.1) is 0 Å². The quantitative estimate of drug-likeness (QED) is 0.115. The maximum absolute atomic E-state index is 18.0. The van der Waals surface area contributed by atoms with Crippen LogP contribution in [-0.4, -0.2) is 20.8 Å². The molecule has 10 aromatic carbocycles. The number of methoxy groups -OCH3 is 2. The first-order valence-corrected chi connectivity index (χ1v) is 26.5. The first-order valence-electron chi connectivity index (χ1n) is 25.8. The Balaban J connectivity index is 1.22. The summed E-state index contributed by atoms with van der Waals surface area (Å²) in [5.74, 6) is 0.736. The van der Waals surface area contributed by atoms with Crippen LogP contribution in [0.1, 0.15) is 44.4 Å². The Morgan fingerprint density at radius 2 is 1.04 bits per heavy atom. The minimum absolute atomic E-state index is 0.0506. The molecule has 0 saturated carbocycles. The molecule has 0 bridgehead atoms. The molecule has 0 aliphatic rings. The van der Waals surface area contributed by atoms with E-state index in [4.69, 9.17) is 37.4 Å². The highest BCUT2D eigenvalue weighted by atomic mass is 35.5. The van der Waals surface area contributed by atoms with Crippen LogP contribution in [0.5, 0.6) is 17.2 Å². The second kappa shape index (κ2) is 21.9. The highest BCUT2D eigenvalue weighted by molar-refractivity contribution is 6.36. The fourth-order valence-electron chi connectivity index (χ4n) is 10.6. The van der Waals surface area contributed by atoms with Crippen molar-refractivity contribution in [1.29, 1.82) is 0 Å². The summed E-state index contributed by atoms with van der Waals surface area (Å²) in [5.41, 5.74) is 16.4. The molecule has 10 rings (SSSR count). The van der Waals surface area contributed by atoms with Crippen molar-refractivity contribution in [3.63, 3.8) is 0 Å². The summed E-state index contributed by atoms with van der Waals surface area (Å²) in [5, 5.41) is 0.858. The third kappa shape index (κ3) is 10.1. The van der Waals surface area contributed by atoms with E-state index in [2.05, 4.69) is 101 Å². The van der Waals surface area contributed by atoms with Gasteiger partial charge in [0.15, 0.2) is 0 Å². The lowest BCUT2D eigenvalue weighted by Crippen LogP contribution is -2.10. The predicted octanol–water partition coefficient (Wildman–Crippen LogP) is 20.6. The van der Waals surface area contributed by atoms with Crippen LogP contribution in [-0.2, 0) is 5.41 Å². The fraction of sp³-hybridized carbons (Fsp3) is 0.143. The molecule has 0 saturated heterocycles. The van der Waals surface area contributed by atoms with Gasteiger partial charge in [-0.25, -0.2) is 8.78 Å². The van der Waals surface area contributed by atoms with Gasteiger partial charge in [0.25, 0.3) is 0 Å². The molecule has 7 heteroatoms. The molecule has 0 aliphatic carbocycles. The SMILES string of the molecule is CCOc1c(-c2cc(OC)ccc2-c2cc(-c3ccc(C)cc3)c(C)c(-c3ccc(C(C)(C)C)cc3)c2-c2ccccc2OC)cccc1-c1cccc(-c2cccc(F)c2-c2cccc(-c3cccc(Cl)c3)c2Cl)c1F. The van der Waals surface area contributed by atoms with Crippen LogP contribution >= 0.6 is 23.2 Å². The van der Waals surface area contributed by atoms with E-state index in [1.165, 1.54) is 17.2 Å². The lowest BCUT2D eigenvalue weighted by molar-refractivity contribution is 0.343. The Hall–Kier alpha value is -7.96. The van der Waals surface area contributed by atoms with Gasteiger partial charge < -0.3 is 14.2 Å². The zero-order chi connectivity index (χ0) is 54.1. The Bertz CT molecular complexity index is 3840. The van der Waals surface area contributed by atoms with Crippen molar-refractivity contribution in [2.45, 2.75) is 47.0 Å². The predicted molar refractivity (Wildman–Crippen MR) is 318 cm³/mol. The number of hydrogen-bond acceptors (Lipinski definition) is 3. The smallest absolute Gasteiger partial charge is 0.139 e. The Morgan fingerprint density at radius 1 is 0.442 bits per heavy atom. The average molecular weight is 1060 g/mol. The summed E-state index contributed by atoms with van der Waals surface area (Å²) in [6.45, 7) is 13.2. The van der Waals surface area contributed by atoms with Gasteiger partial charge in [-0.1, -0.05) is 201 Å². The molecule has 0 atom stereocenters. The molecule has 0 amide bonds. The zero-order valence-electron chi connectivity index (χ0n) is 44.4. The fourth-order valence-corrected chi connectivity index (χ4v) is 11.1. The van der Waals surface area contributed by atoms with Crippen molar-refractivity contribution in [3.05, 3.63) is 232 Å².